The van der Waals surface area contributed by atoms with Crippen molar-refractivity contribution in [2.75, 3.05) is 18.5 Å². The molecule has 1 saturated carbocycles. The topological polar surface area (TPSA) is 39.9 Å². The van der Waals surface area contributed by atoms with Gasteiger partial charge in [0, 0.05) is 19.8 Å². The summed E-state index contributed by atoms with van der Waals surface area (Å²) < 4.78 is 0. The van der Waals surface area contributed by atoms with E-state index in [0.717, 1.165) is 24.1 Å². The minimum atomic E-state index is 0.709. The molecule has 0 aliphatic heterocycles. The minimum Gasteiger partial charge on any atom is -0.372 e. The highest BCUT2D eigenvalue weighted by Crippen LogP contribution is 2.38. The molecule has 3 heteroatoms. The van der Waals surface area contributed by atoms with E-state index in [2.05, 4.69) is 22.9 Å². The fourth-order valence-corrected chi connectivity index (χ4v) is 1.89. The fraction of sp³-hybridized carbons (Fsp3) is 0.500. The normalized spacial score (nSPS) is 23.3. The highest BCUT2D eigenvalue weighted by Gasteiger charge is 2.33. The van der Waals surface area contributed by atoms with Crippen molar-refractivity contribution in [2.45, 2.75) is 13.3 Å². The molecule has 1 heterocycles. The fourth-order valence-electron chi connectivity index (χ4n) is 1.89. The maximum absolute atomic E-state index is 8.96. The van der Waals surface area contributed by atoms with Crippen molar-refractivity contribution < 1.29 is 0 Å². The van der Waals surface area contributed by atoms with Crippen molar-refractivity contribution in [3.05, 3.63) is 24.0 Å². The van der Waals surface area contributed by atoms with Gasteiger partial charge >= 0.3 is 0 Å². The van der Waals surface area contributed by atoms with Crippen molar-refractivity contribution in [1.29, 1.82) is 5.26 Å². The Bertz CT molecular complexity index is 394. The van der Waals surface area contributed by atoms with E-state index in [4.69, 9.17) is 5.26 Å². The maximum Gasteiger partial charge on any atom is 0.101 e. The molecule has 0 radical (unpaired) electrons. The van der Waals surface area contributed by atoms with E-state index in [0.29, 0.717) is 5.56 Å². The van der Waals surface area contributed by atoms with Crippen LogP contribution in [0.25, 0.3) is 0 Å². The van der Waals surface area contributed by atoms with E-state index in [1.54, 1.807) is 18.5 Å². The zero-order valence-electron chi connectivity index (χ0n) is 9.14. The predicted molar refractivity (Wildman–Crippen MR) is 59.5 cm³/mol. The van der Waals surface area contributed by atoms with Gasteiger partial charge in [-0.05, 0) is 24.3 Å². The number of nitrogens with zero attached hydrogens (tertiary/aromatic N) is 3. The summed E-state index contributed by atoms with van der Waals surface area (Å²) in [4.78, 5) is 6.21. The first kappa shape index (κ1) is 9.97. The summed E-state index contributed by atoms with van der Waals surface area (Å²) in [6, 6.07) is 3.97. The Labute approximate surface area is 90.4 Å². The molecule has 0 bridgehead atoms. The van der Waals surface area contributed by atoms with Gasteiger partial charge in [-0.1, -0.05) is 6.92 Å². The summed E-state index contributed by atoms with van der Waals surface area (Å²) in [7, 11) is 2.03. The van der Waals surface area contributed by atoms with Crippen LogP contribution >= 0.6 is 0 Å². The molecule has 1 aliphatic rings. The van der Waals surface area contributed by atoms with Gasteiger partial charge in [0.15, 0.2) is 0 Å². The third-order valence-electron chi connectivity index (χ3n) is 3.12. The number of aromatic nitrogens is 1. The van der Waals surface area contributed by atoms with Crippen LogP contribution in [0.4, 0.5) is 5.69 Å². The van der Waals surface area contributed by atoms with Gasteiger partial charge in [0.25, 0.3) is 0 Å². The van der Waals surface area contributed by atoms with Crippen LogP contribution in [0.2, 0.25) is 0 Å². The van der Waals surface area contributed by atoms with Crippen LogP contribution in [0.5, 0.6) is 0 Å². The number of hydrogen-bond donors (Lipinski definition) is 0. The van der Waals surface area contributed by atoms with Gasteiger partial charge in [0.2, 0.25) is 0 Å². The van der Waals surface area contributed by atoms with Crippen molar-refractivity contribution in [3.8, 4) is 6.07 Å². The molecular formula is C12H15N3. The van der Waals surface area contributed by atoms with E-state index in [-0.39, 0.29) is 0 Å². The SMILES string of the molecule is CC1CC1CN(C)c1cnccc1C#N. The Balaban J connectivity index is 2.11. The van der Waals surface area contributed by atoms with Crippen LogP contribution in [0.15, 0.2) is 18.5 Å². The van der Waals surface area contributed by atoms with E-state index >= 15 is 0 Å². The predicted octanol–water partition coefficient (Wildman–Crippen LogP) is 2.05. The van der Waals surface area contributed by atoms with E-state index in [1.807, 2.05) is 7.05 Å². The molecule has 1 aromatic rings. The first-order valence-electron chi connectivity index (χ1n) is 5.27. The zero-order chi connectivity index (χ0) is 10.8. The molecule has 2 unspecified atom stereocenters. The van der Waals surface area contributed by atoms with Crippen molar-refractivity contribution in [3.63, 3.8) is 0 Å². The Morgan fingerprint density at radius 3 is 3.00 bits per heavy atom. The Morgan fingerprint density at radius 1 is 1.67 bits per heavy atom. The summed E-state index contributed by atoms with van der Waals surface area (Å²) in [5.41, 5.74) is 1.65. The summed E-state index contributed by atoms with van der Waals surface area (Å²) in [6.45, 7) is 3.30. The van der Waals surface area contributed by atoms with Gasteiger partial charge in [-0.15, -0.1) is 0 Å². The van der Waals surface area contributed by atoms with Gasteiger partial charge < -0.3 is 4.90 Å². The van der Waals surface area contributed by atoms with Crippen LogP contribution < -0.4 is 4.90 Å². The van der Waals surface area contributed by atoms with Crippen LogP contribution in [0.1, 0.15) is 18.9 Å². The number of hydrogen-bond acceptors (Lipinski definition) is 3. The molecule has 1 aromatic heterocycles. The van der Waals surface area contributed by atoms with Gasteiger partial charge in [-0.3, -0.25) is 4.98 Å². The molecule has 3 nitrogen and oxygen atoms in total. The molecule has 0 amide bonds. The lowest BCUT2D eigenvalue weighted by atomic mass is 10.2. The third kappa shape index (κ3) is 2.10. The molecule has 15 heavy (non-hydrogen) atoms. The van der Waals surface area contributed by atoms with Crippen LogP contribution in [-0.4, -0.2) is 18.6 Å². The van der Waals surface area contributed by atoms with Gasteiger partial charge in [0.1, 0.15) is 6.07 Å². The Morgan fingerprint density at radius 2 is 2.40 bits per heavy atom. The van der Waals surface area contributed by atoms with Crippen LogP contribution in [0, 0.1) is 23.2 Å². The van der Waals surface area contributed by atoms with E-state index in [9.17, 15) is 0 Å². The van der Waals surface area contributed by atoms with Crippen molar-refractivity contribution >= 4 is 5.69 Å². The third-order valence-corrected chi connectivity index (χ3v) is 3.12. The second kappa shape index (κ2) is 3.90. The molecule has 78 valence electrons. The summed E-state index contributed by atoms with van der Waals surface area (Å²) in [5.74, 6) is 1.64. The highest BCUT2D eigenvalue weighted by atomic mass is 15.1. The molecule has 0 saturated heterocycles. The Hall–Kier alpha value is -1.56. The van der Waals surface area contributed by atoms with Crippen molar-refractivity contribution in [1.82, 2.24) is 4.98 Å². The van der Waals surface area contributed by atoms with Crippen molar-refractivity contribution in [2.24, 2.45) is 11.8 Å². The molecule has 0 spiro atoms. The second-order valence-corrected chi connectivity index (χ2v) is 4.36. The van der Waals surface area contributed by atoms with Gasteiger partial charge in [0.05, 0.1) is 17.4 Å². The zero-order valence-corrected chi connectivity index (χ0v) is 9.14. The van der Waals surface area contributed by atoms with E-state index < -0.39 is 0 Å². The lowest BCUT2D eigenvalue weighted by Crippen LogP contribution is -2.21. The molecule has 1 fully saturated rings. The molecular weight excluding hydrogens is 186 g/mol. The standard InChI is InChI=1S/C12H15N3/c1-9-5-11(9)8-15(2)12-7-14-4-3-10(12)6-13/h3-4,7,9,11H,5,8H2,1-2H3. The second-order valence-electron chi connectivity index (χ2n) is 4.36. The highest BCUT2D eigenvalue weighted by molar-refractivity contribution is 5.57. The lowest BCUT2D eigenvalue weighted by molar-refractivity contribution is 0.724. The lowest BCUT2D eigenvalue weighted by Gasteiger charge is -2.19. The molecule has 1 aliphatic carbocycles. The molecule has 2 rings (SSSR count). The average Bonchev–Trinajstić information content (AvgIpc) is 2.94. The van der Waals surface area contributed by atoms with Crippen LogP contribution in [0.3, 0.4) is 0 Å². The summed E-state index contributed by atoms with van der Waals surface area (Å²) >= 11 is 0. The molecule has 0 N–H and O–H groups in total. The van der Waals surface area contributed by atoms with Crippen LogP contribution in [-0.2, 0) is 0 Å². The quantitative estimate of drug-likeness (QED) is 0.751. The number of nitriles is 1. The first-order valence-corrected chi connectivity index (χ1v) is 5.27. The van der Waals surface area contributed by atoms with E-state index in [1.165, 1.54) is 6.42 Å². The number of rotatable bonds is 3. The monoisotopic (exact) mass is 201 g/mol. The smallest absolute Gasteiger partial charge is 0.101 e. The summed E-state index contributed by atoms with van der Waals surface area (Å²) in [6.07, 6.45) is 4.74. The first-order chi connectivity index (χ1) is 7.22. The Kier molecular flexibility index (Phi) is 2.59. The molecule has 2 atom stereocenters. The minimum absolute atomic E-state index is 0.709. The number of anilines is 1. The summed E-state index contributed by atoms with van der Waals surface area (Å²) in [5, 5.41) is 8.96. The molecule has 0 aromatic carbocycles. The van der Waals surface area contributed by atoms with Gasteiger partial charge in [-0.2, -0.15) is 5.26 Å². The number of pyridine rings is 1. The maximum atomic E-state index is 8.96. The largest absolute Gasteiger partial charge is 0.372 e. The average molecular weight is 201 g/mol. The van der Waals surface area contributed by atoms with Gasteiger partial charge in [-0.25, -0.2) is 0 Å².